The Labute approximate surface area is 552 Å². The van der Waals surface area contributed by atoms with Gasteiger partial charge in [0.15, 0.2) is 0 Å². The third-order valence-electron chi connectivity index (χ3n) is 16.8. The van der Waals surface area contributed by atoms with Gasteiger partial charge in [-0.25, -0.2) is 0 Å². The van der Waals surface area contributed by atoms with Gasteiger partial charge in [0.25, 0.3) is 0 Å². The molecule has 11 heteroatoms. The summed E-state index contributed by atoms with van der Waals surface area (Å²) in [6, 6.07) is 2.15. The maximum Gasteiger partial charge on any atom is 0.222 e. The van der Waals surface area contributed by atoms with E-state index in [1.165, 1.54) is 132 Å². The molecule has 7 aliphatic rings. The van der Waals surface area contributed by atoms with Crippen LogP contribution in [0, 0.1) is 66.1 Å². The molecule has 2 amide bonds. The molecule has 5 saturated heterocycles. The number of aryl methyl sites for hydroxylation is 2. The summed E-state index contributed by atoms with van der Waals surface area (Å²) in [5.41, 5.74) is 5.34. The topological polar surface area (TPSA) is 116 Å². The summed E-state index contributed by atoms with van der Waals surface area (Å²) < 4.78 is 18.5. The normalized spacial score (nSPS) is 20.6. The van der Waals surface area contributed by atoms with Gasteiger partial charge in [-0.1, -0.05) is 162 Å². The predicted molar refractivity (Wildman–Crippen MR) is 383 cm³/mol. The van der Waals surface area contributed by atoms with Crippen molar-refractivity contribution < 1.29 is 28.6 Å². The Bertz CT molecular complexity index is 1930. The van der Waals surface area contributed by atoms with Crippen LogP contribution >= 0.6 is 0 Å². The van der Waals surface area contributed by atoms with E-state index in [2.05, 4.69) is 154 Å². The lowest BCUT2D eigenvalue weighted by Gasteiger charge is -2.24. The Kier molecular flexibility index (Phi) is 48.9. The van der Waals surface area contributed by atoms with Gasteiger partial charge in [-0.3, -0.25) is 19.3 Å². The zero-order valence-corrected chi connectivity index (χ0v) is 63.1. The molecule has 6 aliphatic heterocycles. The first-order valence-corrected chi connectivity index (χ1v) is 36.9. The fourth-order valence-electron chi connectivity index (χ4n) is 12.5. The average Bonchev–Trinajstić information content (AvgIpc) is 4.46. The van der Waals surface area contributed by atoms with Crippen LogP contribution in [0.15, 0.2) is 22.7 Å². The fraction of sp³-hybridized carbons (Fsp3) is 0.885. The minimum absolute atomic E-state index is 0.216. The molecule has 7 heterocycles. The number of hydrogen-bond donors (Lipinski definition) is 0. The van der Waals surface area contributed by atoms with Crippen LogP contribution in [0.4, 0.5) is 0 Å². The minimum Gasteiger partial charge on any atom is -0.378 e. The first-order chi connectivity index (χ1) is 41.8. The zero-order valence-electron chi connectivity index (χ0n) is 63.1. The van der Waals surface area contributed by atoms with E-state index in [1.54, 1.807) is 6.92 Å². The number of carbonyl (C=O) groups is 3. The smallest absolute Gasteiger partial charge is 0.222 e. The van der Waals surface area contributed by atoms with E-state index in [0.717, 1.165) is 145 Å². The summed E-state index contributed by atoms with van der Waals surface area (Å²) in [7, 11) is 1.99. The number of ketones is 1. The van der Waals surface area contributed by atoms with Crippen LogP contribution in [-0.4, -0.2) is 113 Å². The van der Waals surface area contributed by atoms with Gasteiger partial charge < -0.3 is 28.8 Å². The number of likely N-dealkylation sites (tertiary alicyclic amines) is 2. The lowest BCUT2D eigenvalue weighted by Crippen LogP contribution is -2.26. The summed E-state index contributed by atoms with van der Waals surface area (Å²) in [4.78, 5) is 40.9. The first-order valence-electron chi connectivity index (χ1n) is 36.9. The number of amides is 2. The molecule has 3 atom stereocenters. The number of carbonyl (C=O) groups excluding carboxylic acids is 3. The van der Waals surface area contributed by atoms with Gasteiger partial charge >= 0.3 is 0 Å². The van der Waals surface area contributed by atoms with Crippen molar-refractivity contribution in [3.63, 3.8) is 0 Å². The second-order valence-electron chi connectivity index (χ2n) is 31.5. The van der Waals surface area contributed by atoms with Gasteiger partial charge in [-0.2, -0.15) is 5.10 Å². The third-order valence-corrected chi connectivity index (χ3v) is 16.8. The molecule has 522 valence electrons. The van der Waals surface area contributed by atoms with Crippen LogP contribution in [0.25, 0.3) is 0 Å². The molecular weight excluding hydrogens is 1100 g/mol. The number of nitrogens with zero attached hydrogens (tertiary/aromatic N) is 5. The Morgan fingerprint density at radius 1 is 0.584 bits per heavy atom. The van der Waals surface area contributed by atoms with Gasteiger partial charge in [0.05, 0.1) is 30.0 Å². The summed E-state index contributed by atoms with van der Waals surface area (Å²) >= 11 is 0. The van der Waals surface area contributed by atoms with Crippen molar-refractivity contribution in [1.82, 2.24) is 19.6 Å². The Balaban J connectivity index is 0.000000982. The Hall–Kier alpha value is -2.89. The van der Waals surface area contributed by atoms with Crippen molar-refractivity contribution in [2.45, 2.75) is 331 Å². The number of ether oxygens (including phenoxy) is 3. The van der Waals surface area contributed by atoms with Crippen LogP contribution in [-0.2, 0) is 42.1 Å². The third kappa shape index (κ3) is 49.4. The molecule has 1 aromatic rings. The summed E-state index contributed by atoms with van der Waals surface area (Å²) in [5.74, 6) is 8.80. The summed E-state index contributed by atoms with van der Waals surface area (Å²) in [6.45, 7) is 55.9. The van der Waals surface area contributed by atoms with Gasteiger partial charge in [-0.15, -0.1) is 0 Å². The van der Waals surface area contributed by atoms with Gasteiger partial charge in [0, 0.05) is 83.7 Å². The molecule has 1 unspecified atom stereocenters. The first kappa shape index (κ1) is 86.1. The summed E-state index contributed by atoms with van der Waals surface area (Å²) in [6.07, 6.45) is 33.9. The van der Waals surface area contributed by atoms with Gasteiger partial charge in [0.2, 0.25) is 11.8 Å². The largest absolute Gasteiger partial charge is 0.378 e. The van der Waals surface area contributed by atoms with E-state index in [4.69, 9.17) is 14.2 Å². The van der Waals surface area contributed by atoms with Gasteiger partial charge in [-0.05, 0) is 208 Å². The van der Waals surface area contributed by atoms with Gasteiger partial charge in [0.1, 0.15) is 5.78 Å². The minimum atomic E-state index is 0.216. The predicted octanol–water partition coefficient (Wildman–Crippen LogP) is 20.3. The number of aromatic nitrogens is 2. The standard InChI is InChI=1S/C10H19NO.C10H20.C9H16N2.C9H17NO.C9H15N.C9H18O.2C8H16O.C6H12O/c1-9(2)5-3-7-11-8-4-6-10(11)12;1-9(2)8-10-6-4-3-5-7-10;1-7(2)5-9-6-8(3)11(4)10-9;1-8(2)5-7-10-6-3-4-9(10)11;1-7(2)4-9-5-8(3)6-10-9;1-8(2)7-9(3)5-4-6-10-9;2*1-7(2)6-8-4-3-5-9-8;1-5(2)4-6(3)7/h9H,3-8H2,1-2H3;9-10H,3-8H2,1-2H3;6-7H,5H2,1-4H3;8H,3-7H2,1-2H3;5,7H,4,6H2,1-3H3;8H,4-7H2,1-3H3;2*7-8H,3-6H2,1-2H3;5H,4H2,1-3H3/t;;;;;;2*8-;/m......10./s1. The molecule has 89 heavy (non-hydrogen) atoms. The van der Waals surface area contributed by atoms with Crippen molar-refractivity contribution in [2.75, 3.05) is 52.5 Å². The van der Waals surface area contributed by atoms with E-state index in [1.807, 2.05) is 35.4 Å². The van der Waals surface area contributed by atoms with Crippen molar-refractivity contribution in [3.8, 4) is 0 Å². The lowest BCUT2D eigenvalue weighted by atomic mass is 9.84. The monoisotopic (exact) mass is 1250 g/mol. The van der Waals surface area contributed by atoms with Crippen LogP contribution in [0.1, 0.15) is 311 Å². The van der Waals surface area contributed by atoms with E-state index < -0.39 is 0 Å². The zero-order chi connectivity index (χ0) is 67.5. The maximum absolute atomic E-state index is 11.2. The molecular formula is C78H149N5O6. The number of Topliss-reactive ketones (excluding diaryl/α,β-unsaturated/α-hetero) is 1. The van der Waals surface area contributed by atoms with E-state index in [9.17, 15) is 14.4 Å². The molecule has 0 spiro atoms. The maximum atomic E-state index is 11.2. The molecule has 1 aliphatic carbocycles. The highest BCUT2D eigenvalue weighted by molar-refractivity contribution is 5.97. The second kappa shape index (κ2) is 50.6. The van der Waals surface area contributed by atoms with Crippen LogP contribution in [0.5, 0.6) is 0 Å². The lowest BCUT2D eigenvalue weighted by molar-refractivity contribution is -0.128. The van der Waals surface area contributed by atoms with E-state index >= 15 is 0 Å². The molecule has 1 aromatic heterocycles. The summed E-state index contributed by atoms with van der Waals surface area (Å²) in [5, 5.41) is 4.37. The SMILES string of the molecule is CC(=O)CC(C)C.CC(C)CC1(C)CCCO1.CC(C)CC1CCCCC1.CC(C)CCCN1CCCC1=O.CC(C)CCN1CCCC1=O.CC(C)C[C@@H]1CCCO1.CC(C)C[C@H]1CCCO1.CC1=CC(CC(C)C)=NC1.Cc1cc(CC(C)C)nn1C. The highest BCUT2D eigenvalue weighted by Gasteiger charge is 2.30. The number of aliphatic imine (C=N–C) groups is 1. The van der Waals surface area contributed by atoms with Crippen molar-refractivity contribution in [1.29, 1.82) is 0 Å². The van der Waals surface area contributed by atoms with E-state index in [-0.39, 0.29) is 11.4 Å². The number of rotatable bonds is 21. The van der Waals surface area contributed by atoms with Crippen LogP contribution in [0.3, 0.4) is 0 Å². The molecule has 0 radical (unpaired) electrons. The van der Waals surface area contributed by atoms with Crippen LogP contribution < -0.4 is 0 Å². The highest BCUT2D eigenvalue weighted by atomic mass is 16.5. The molecule has 1 saturated carbocycles. The number of hydrogen-bond acceptors (Lipinski definition) is 8. The Morgan fingerprint density at radius 2 is 1.10 bits per heavy atom. The van der Waals surface area contributed by atoms with Crippen molar-refractivity contribution in [2.24, 2.45) is 71.2 Å². The molecule has 0 aromatic carbocycles. The van der Waals surface area contributed by atoms with Crippen molar-refractivity contribution in [3.05, 3.63) is 29.1 Å². The van der Waals surface area contributed by atoms with Crippen LogP contribution in [0.2, 0.25) is 0 Å². The second-order valence-corrected chi connectivity index (χ2v) is 31.5. The quantitative estimate of drug-likeness (QED) is 0.120. The molecule has 11 nitrogen and oxygen atoms in total. The molecule has 6 fully saturated rings. The average molecular weight is 1250 g/mol. The molecule has 0 bridgehead atoms. The highest BCUT2D eigenvalue weighted by Crippen LogP contribution is 2.31. The van der Waals surface area contributed by atoms with E-state index in [0.29, 0.717) is 41.8 Å². The molecule has 8 rings (SSSR count). The molecule has 0 N–H and O–H groups in total. The van der Waals surface area contributed by atoms with Crippen molar-refractivity contribution >= 4 is 23.3 Å². The Morgan fingerprint density at radius 3 is 1.44 bits per heavy atom. The fourth-order valence-corrected chi connectivity index (χ4v) is 12.5. The number of allylic oxidation sites excluding steroid dienone is 1.